The highest BCUT2D eigenvalue weighted by atomic mass is 35.5. The topological polar surface area (TPSA) is 64.3 Å². The molecule has 0 atom stereocenters. The van der Waals surface area contributed by atoms with E-state index in [1.807, 2.05) is 30.3 Å². The van der Waals surface area contributed by atoms with Gasteiger partial charge in [0.05, 0.1) is 0 Å². The normalized spacial score (nSPS) is 12.7. The second kappa shape index (κ2) is 8.71. The molecule has 0 unspecified atom stereocenters. The van der Waals surface area contributed by atoms with Gasteiger partial charge >= 0.3 is 0 Å². The lowest BCUT2D eigenvalue weighted by Crippen LogP contribution is -2.20. The summed E-state index contributed by atoms with van der Waals surface area (Å²) < 4.78 is 5.62. The van der Waals surface area contributed by atoms with Crippen molar-refractivity contribution in [2.75, 3.05) is 11.9 Å². The molecule has 3 rings (SSSR count). The summed E-state index contributed by atoms with van der Waals surface area (Å²) in [6.45, 7) is 0.507. The lowest BCUT2D eigenvalue weighted by Gasteiger charge is -2.16. The molecule has 0 spiro atoms. The smallest absolute Gasteiger partial charge is 0.262 e. The van der Waals surface area contributed by atoms with Gasteiger partial charge in [0, 0.05) is 12.2 Å². The summed E-state index contributed by atoms with van der Waals surface area (Å²) in [5.74, 6) is 0.600. The molecule has 0 saturated heterocycles. The van der Waals surface area contributed by atoms with Gasteiger partial charge in [-0.05, 0) is 66.6 Å². The number of carbonyl (C=O) groups is 1. The Morgan fingerprint density at radius 1 is 1.04 bits per heavy atom. The number of nitrogens with two attached hydrogens (primary N) is 1. The Morgan fingerprint density at radius 2 is 1.75 bits per heavy atom. The average molecular weight is 347 g/mol. The summed E-state index contributed by atoms with van der Waals surface area (Å²) in [4.78, 5) is 12.0. The van der Waals surface area contributed by atoms with Crippen LogP contribution < -0.4 is 15.8 Å². The van der Waals surface area contributed by atoms with Gasteiger partial charge in [0.2, 0.25) is 0 Å². The van der Waals surface area contributed by atoms with Crippen LogP contribution in [0.1, 0.15) is 29.5 Å². The van der Waals surface area contributed by atoms with Crippen molar-refractivity contribution in [3.8, 4) is 5.75 Å². The molecule has 0 heterocycles. The Labute approximate surface area is 148 Å². The van der Waals surface area contributed by atoms with Crippen molar-refractivity contribution in [2.45, 2.75) is 32.2 Å². The Kier molecular flexibility index (Phi) is 6.64. The molecule has 1 amide bonds. The van der Waals surface area contributed by atoms with Crippen LogP contribution in [-0.2, 0) is 24.2 Å². The third-order valence-corrected chi connectivity index (χ3v) is 4.16. The summed E-state index contributed by atoms with van der Waals surface area (Å²) in [6.07, 6.45) is 4.75. The molecule has 0 aliphatic heterocycles. The maximum atomic E-state index is 12.0. The third kappa shape index (κ3) is 4.73. The van der Waals surface area contributed by atoms with E-state index in [9.17, 15) is 4.79 Å². The summed E-state index contributed by atoms with van der Waals surface area (Å²) in [5, 5.41) is 2.82. The van der Waals surface area contributed by atoms with Crippen LogP contribution in [0.2, 0.25) is 0 Å². The van der Waals surface area contributed by atoms with E-state index in [2.05, 4.69) is 17.4 Å². The number of nitrogens with one attached hydrogen (secondary N) is 1. The average Bonchev–Trinajstić information content (AvgIpc) is 2.60. The van der Waals surface area contributed by atoms with Gasteiger partial charge in [0.25, 0.3) is 5.91 Å². The zero-order valence-electron chi connectivity index (χ0n) is 13.6. The fourth-order valence-electron chi connectivity index (χ4n) is 2.87. The van der Waals surface area contributed by atoms with Crippen molar-refractivity contribution in [3.63, 3.8) is 0 Å². The van der Waals surface area contributed by atoms with Gasteiger partial charge in [-0.1, -0.05) is 18.2 Å². The first-order chi connectivity index (χ1) is 11.2. The summed E-state index contributed by atoms with van der Waals surface area (Å²) in [6, 6.07) is 13.6. The largest absolute Gasteiger partial charge is 0.484 e. The maximum absolute atomic E-state index is 12.0. The second-order valence-corrected chi connectivity index (χ2v) is 5.88. The van der Waals surface area contributed by atoms with E-state index in [4.69, 9.17) is 10.5 Å². The summed E-state index contributed by atoms with van der Waals surface area (Å²) in [7, 11) is 0. The molecule has 1 aliphatic carbocycles. The predicted molar refractivity (Wildman–Crippen MR) is 98.8 cm³/mol. The number of rotatable bonds is 5. The molecule has 5 heteroatoms. The lowest BCUT2D eigenvalue weighted by atomic mass is 9.92. The minimum atomic E-state index is -0.164. The highest BCUT2D eigenvalue weighted by molar-refractivity contribution is 5.91. The van der Waals surface area contributed by atoms with E-state index in [0.29, 0.717) is 6.54 Å². The summed E-state index contributed by atoms with van der Waals surface area (Å²) >= 11 is 0. The van der Waals surface area contributed by atoms with Crippen LogP contribution >= 0.6 is 12.4 Å². The van der Waals surface area contributed by atoms with Crippen molar-refractivity contribution in [1.29, 1.82) is 0 Å². The van der Waals surface area contributed by atoms with E-state index in [1.165, 1.54) is 24.0 Å². The van der Waals surface area contributed by atoms with E-state index in [-0.39, 0.29) is 24.9 Å². The molecule has 24 heavy (non-hydrogen) atoms. The second-order valence-electron chi connectivity index (χ2n) is 5.88. The van der Waals surface area contributed by atoms with Gasteiger partial charge in [-0.3, -0.25) is 4.79 Å². The van der Waals surface area contributed by atoms with Crippen LogP contribution in [0.25, 0.3) is 0 Å². The Hall–Kier alpha value is -2.04. The number of hydrogen-bond donors (Lipinski definition) is 2. The molecule has 0 radical (unpaired) electrons. The van der Waals surface area contributed by atoms with Gasteiger partial charge in [-0.25, -0.2) is 0 Å². The molecule has 3 N–H and O–H groups in total. The fraction of sp³-hybridized carbons (Fsp3) is 0.316. The van der Waals surface area contributed by atoms with Crippen LogP contribution in [0.5, 0.6) is 5.75 Å². The van der Waals surface area contributed by atoms with Gasteiger partial charge in [-0.2, -0.15) is 0 Å². The SMILES string of the molecule is Cl.NCc1ccc(NC(=O)COc2ccc3c(c2)CCCC3)cc1. The highest BCUT2D eigenvalue weighted by Gasteiger charge is 2.10. The van der Waals surface area contributed by atoms with E-state index in [1.54, 1.807) is 0 Å². The number of anilines is 1. The minimum absolute atomic E-state index is 0. The Bertz CT molecular complexity index is 686. The maximum Gasteiger partial charge on any atom is 0.262 e. The van der Waals surface area contributed by atoms with E-state index >= 15 is 0 Å². The number of benzene rings is 2. The molecular weight excluding hydrogens is 324 g/mol. The standard InChI is InChI=1S/C19H22N2O2.ClH/c20-12-14-5-8-17(9-6-14)21-19(22)13-23-18-10-7-15-3-1-2-4-16(15)11-18;/h5-11H,1-4,12-13,20H2,(H,21,22);1H. The zero-order valence-corrected chi connectivity index (χ0v) is 14.4. The molecule has 128 valence electrons. The number of ether oxygens (including phenoxy) is 1. The van der Waals surface area contributed by atoms with Crippen molar-refractivity contribution in [3.05, 3.63) is 59.2 Å². The van der Waals surface area contributed by atoms with E-state index in [0.717, 1.165) is 29.8 Å². The van der Waals surface area contributed by atoms with E-state index < -0.39 is 0 Å². The fourth-order valence-corrected chi connectivity index (χ4v) is 2.87. The first kappa shape index (κ1) is 18.3. The van der Waals surface area contributed by atoms with Crippen molar-refractivity contribution in [2.24, 2.45) is 5.73 Å². The number of hydrogen-bond acceptors (Lipinski definition) is 3. The molecule has 2 aromatic carbocycles. The first-order valence-electron chi connectivity index (χ1n) is 8.08. The molecule has 0 fully saturated rings. The Morgan fingerprint density at radius 3 is 2.46 bits per heavy atom. The van der Waals surface area contributed by atoms with Crippen molar-refractivity contribution in [1.82, 2.24) is 0 Å². The zero-order chi connectivity index (χ0) is 16.1. The van der Waals surface area contributed by atoms with Crippen LogP contribution in [-0.4, -0.2) is 12.5 Å². The number of carbonyl (C=O) groups excluding carboxylic acids is 1. The first-order valence-corrected chi connectivity index (χ1v) is 8.08. The van der Waals surface area contributed by atoms with Crippen LogP contribution in [0.4, 0.5) is 5.69 Å². The van der Waals surface area contributed by atoms with Crippen LogP contribution in [0.3, 0.4) is 0 Å². The van der Waals surface area contributed by atoms with Crippen molar-refractivity contribution < 1.29 is 9.53 Å². The molecular formula is C19H23ClN2O2. The number of aryl methyl sites for hydroxylation is 2. The molecule has 0 aromatic heterocycles. The number of halogens is 1. The van der Waals surface area contributed by atoms with Crippen molar-refractivity contribution >= 4 is 24.0 Å². The minimum Gasteiger partial charge on any atom is -0.484 e. The number of fused-ring (bicyclic) bond motifs is 1. The van der Waals surface area contributed by atoms with Gasteiger partial charge in [0.1, 0.15) is 5.75 Å². The summed E-state index contributed by atoms with van der Waals surface area (Å²) in [5.41, 5.74) is 10.1. The molecule has 1 aliphatic rings. The van der Waals surface area contributed by atoms with Crippen LogP contribution in [0.15, 0.2) is 42.5 Å². The molecule has 4 nitrogen and oxygen atoms in total. The quantitative estimate of drug-likeness (QED) is 0.871. The molecule has 0 saturated carbocycles. The predicted octanol–water partition coefficient (Wildman–Crippen LogP) is 3.46. The number of amides is 1. The van der Waals surface area contributed by atoms with Gasteiger partial charge in [-0.15, -0.1) is 12.4 Å². The van der Waals surface area contributed by atoms with Gasteiger partial charge in [0.15, 0.2) is 6.61 Å². The van der Waals surface area contributed by atoms with Gasteiger partial charge < -0.3 is 15.8 Å². The third-order valence-electron chi connectivity index (χ3n) is 4.16. The lowest BCUT2D eigenvalue weighted by molar-refractivity contribution is -0.118. The highest BCUT2D eigenvalue weighted by Crippen LogP contribution is 2.25. The van der Waals surface area contributed by atoms with Crippen LogP contribution in [0, 0.1) is 0 Å². The molecule has 0 bridgehead atoms. The monoisotopic (exact) mass is 346 g/mol. The Balaban J connectivity index is 0.00000208. The molecule has 2 aromatic rings.